The Morgan fingerprint density at radius 2 is 0.746 bits per heavy atom. The summed E-state index contributed by atoms with van der Waals surface area (Å²) in [5.41, 5.74) is 16.9. The van der Waals surface area contributed by atoms with Crippen LogP contribution in [-0.4, -0.2) is 0 Å². The number of benzene rings is 10. The molecular weight excluding hydrogens is 711 g/mol. The van der Waals surface area contributed by atoms with Crippen molar-refractivity contribution in [3.05, 3.63) is 247 Å². The third-order valence-electron chi connectivity index (χ3n) is 12.6. The lowest BCUT2D eigenvalue weighted by Gasteiger charge is -2.30. The molecule has 1 atom stereocenters. The van der Waals surface area contributed by atoms with Crippen LogP contribution in [0.1, 0.15) is 23.6 Å². The van der Waals surface area contributed by atoms with E-state index in [1.165, 1.54) is 88.4 Å². The normalized spacial score (nSPS) is 14.3. The molecule has 59 heavy (non-hydrogen) atoms. The third kappa shape index (κ3) is 5.77. The Balaban J connectivity index is 1.03. The summed E-state index contributed by atoms with van der Waals surface area (Å²) in [4.78, 5) is 2.45. The van der Waals surface area contributed by atoms with Gasteiger partial charge in [-0.05, 0) is 114 Å². The lowest BCUT2D eigenvalue weighted by molar-refractivity contribution is 0.714. The van der Waals surface area contributed by atoms with Crippen LogP contribution in [0.4, 0.5) is 17.1 Å². The van der Waals surface area contributed by atoms with Gasteiger partial charge in [0, 0.05) is 22.4 Å². The van der Waals surface area contributed by atoms with Gasteiger partial charge in [0.15, 0.2) is 0 Å². The summed E-state index contributed by atoms with van der Waals surface area (Å²) in [5, 5.41) is 5.04. The molecule has 0 N–H and O–H groups in total. The highest BCUT2D eigenvalue weighted by Gasteiger charge is 2.42. The Morgan fingerprint density at radius 1 is 0.322 bits per heavy atom. The van der Waals surface area contributed by atoms with E-state index < -0.39 is 0 Å². The average molecular weight is 752 g/mol. The van der Waals surface area contributed by atoms with E-state index in [-0.39, 0.29) is 5.41 Å². The fraction of sp³-hybridized carbons (Fsp3) is 0.0345. The molecule has 1 aliphatic carbocycles. The summed E-state index contributed by atoms with van der Waals surface area (Å²) >= 11 is 0. The van der Waals surface area contributed by atoms with E-state index in [0.29, 0.717) is 0 Å². The van der Waals surface area contributed by atoms with E-state index in [0.717, 1.165) is 11.4 Å². The Hall–Kier alpha value is -7.48. The van der Waals surface area contributed by atoms with Gasteiger partial charge >= 0.3 is 0 Å². The van der Waals surface area contributed by atoms with Crippen molar-refractivity contribution in [2.24, 2.45) is 0 Å². The van der Waals surface area contributed by atoms with E-state index in [2.05, 4.69) is 242 Å². The maximum absolute atomic E-state index is 2.45. The predicted molar refractivity (Wildman–Crippen MR) is 250 cm³/mol. The Bertz CT molecular complexity index is 3130. The summed E-state index contributed by atoms with van der Waals surface area (Å²) in [5.74, 6) is 0. The highest BCUT2D eigenvalue weighted by Crippen LogP contribution is 2.56. The Labute approximate surface area is 346 Å². The van der Waals surface area contributed by atoms with Gasteiger partial charge in [-0.3, -0.25) is 0 Å². The largest absolute Gasteiger partial charge is 0.310 e. The van der Waals surface area contributed by atoms with Crippen molar-refractivity contribution in [1.29, 1.82) is 0 Å². The molecule has 1 heteroatoms. The van der Waals surface area contributed by atoms with Crippen LogP contribution >= 0.6 is 0 Å². The molecule has 0 spiro atoms. The van der Waals surface area contributed by atoms with Crippen LogP contribution in [0.25, 0.3) is 66.1 Å². The van der Waals surface area contributed by atoms with Crippen LogP contribution in [0.15, 0.2) is 231 Å². The number of anilines is 3. The minimum Gasteiger partial charge on any atom is -0.310 e. The number of hydrogen-bond donors (Lipinski definition) is 0. The van der Waals surface area contributed by atoms with Gasteiger partial charge in [0.05, 0.1) is 5.69 Å². The topological polar surface area (TPSA) is 3.24 Å². The zero-order valence-corrected chi connectivity index (χ0v) is 32.9. The van der Waals surface area contributed by atoms with Crippen molar-refractivity contribution in [3.63, 3.8) is 0 Å². The zero-order valence-electron chi connectivity index (χ0n) is 32.9. The van der Waals surface area contributed by atoms with Crippen molar-refractivity contribution >= 4 is 38.6 Å². The second kappa shape index (κ2) is 14.2. The molecule has 1 aliphatic rings. The summed E-state index contributed by atoms with van der Waals surface area (Å²) < 4.78 is 0. The molecule has 10 aromatic carbocycles. The van der Waals surface area contributed by atoms with Crippen molar-refractivity contribution in [2.75, 3.05) is 4.90 Å². The molecule has 0 saturated heterocycles. The number of nitrogens with zero attached hydrogens (tertiary/aromatic N) is 1. The van der Waals surface area contributed by atoms with Crippen LogP contribution in [0, 0.1) is 0 Å². The van der Waals surface area contributed by atoms with Crippen molar-refractivity contribution in [3.8, 4) is 44.5 Å². The van der Waals surface area contributed by atoms with E-state index in [1.54, 1.807) is 0 Å². The van der Waals surface area contributed by atoms with Crippen LogP contribution < -0.4 is 4.90 Å². The Morgan fingerprint density at radius 3 is 1.36 bits per heavy atom. The van der Waals surface area contributed by atoms with E-state index in [4.69, 9.17) is 0 Å². The summed E-state index contributed by atoms with van der Waals surface area (Å²) in [7, 11) is 0. The smallest absolute Gasteiger partial charge is 0.0543 e. The molecule has 0 bridgehead atoms. The molecule has 278 valence electrons. The summed E-state index contributed by atoms with van der Waals surface area (Å²) in [6.07, 6.45) is 0. The summed E-state index contributed by atoms with van der Waals surface area (Å²) in [6.45, 7) is 2.39. The Kier molecular flexibility index (Phi) is 8.34. The maximum atomic E-state index is 2.45. The lowest BCUT2D eigenvalue weighted by atomic mass is 9.74. The summed E-state index contributed by atoms with van der Waals surface area (Å²) in [6, 6.07) is 84.5. The van der Waals surface area contributed by atoms with Gasteiger partial charge in [0.1, 0.15) is 0 Å². The third-order valence-corrected chi connectivity index (χ3v) is 12.6. The number of rotatable bonds is 7. The van der Waals surface area contributed by atoms with Crippen LogP contribution in [0.3, 0.4) is 0 Å². The van der Waals surface area contributed by atoms with Gasteiger partial charge in [-0.15, -0.1) is 0 Å². The first-order valence-electron chi connectivity index (χ1n) is 20.5. The van der Waals surface area contributed by atoms with E-state index in [1.807, 2.05) is 0 Å². The molecular formula is C58H41N. The van der Waals surface area contributed by atoms with Crippen LogP contribution in [-0.2, 0) is 5.41 Å². The van der Waals surface area contributed by atoms with Crippen molar-refractivity contribution in [1.82, 2.24) is 0 Å². The van der Waals surface area contributed by atoms with Crippen LogP contribution in [0.2, 0.25) is 0 Å². The molecule has 11 rings (SSSR count). The van der Waals surface area contributed by atoms with Crippen molar-refractivity contribution < 1.29 is 0 Å². The molecule has 0 radical (unpaired) electrons. The minimum atomic E-state index is -0.296. The van der Waals surface area contributed by atoms with Gasteiger partial charge < -0.3 is 4.90 Å². The van der Waals surface area contributed by atoms with E-state index >= 15 is 0 Å². The molecule has 0 amide bonds. The first-order valence-corrected chi connectivity index (χ1v) is 20.5. The SMILES string of the molecule is CC1(c2ccccc2)c2ccccc2-c2c(N(c3ccc(-c4ccc(-c5cccc6ccccc56)cc4)cc3)c3ccc(-c4cccc5ccccc45)cc3)cccc21. The first-order chi connectivity index (χ1) is 29.1. The lowest BCUT2D eigenvalue weighted by Crippen LogP contribution is -2.22. The molecule has 0 heterocycles. The van der Waals surface area contributed by atoms with Crippen LogP contribution in [0.5, 0.6) is 0 Å². The second-order valence-electron chi connectivity index (χ2n) is 15.8. The van der Waals surface area contributed by atoms with Gasteiger partial charge in [-0.2, -0.15) is 0 Å². The fourth-order valence-corrected chi connectivity index (χ4v) is 9.61. The fourth-order valence-electron chi connectivity index (χ4n) is 9.61. The van der Waals surface area contributed by atoms with Crippen molar-refractivity contribution in [2.45, 2.75) is 12.3 Å². The molecule has 0 fully saturated rings. The standard InChI is InChI=1S/C58H41N/c1-58(46-18-3-2-4-19-46)54-25-10-9-22-53(54)57-55(58)26-13-27-56(57)59(48-38-34-45(35-39-48)52-24-12-17-43-15-6-8-21-50(43)52)47-36-32-41(33-37-47)40-28-30-44(31-29-40)51-23-11-16-42-14-5-7-20-49(42)51/h2-39H,1H3. The molecule has 1 unspecified atom stereocenters. The highest BCUT2D eigenvalue weighted by atomic mass is 15.1. The zero-order chi connectivity index (χ0) is 39.3. The molecule has 0 saturated carbocycles. The number of hydrogen-bond acceptors (Lipinski definition) is 1. The molecule has 1 nitrogen and oxygen atoms in total. The maximum Gasteiger partial charge on any atom is 0.0543 e. The predicted octanol–water partition coefficient (Wildman–Crippen LogP) is 15.8. The average Bonchev–Trinajstić information content (AvgIpc) is 3.58. The molecule has 0 aliphatic heterocycles. The van der Waals surface area contributed by atoms with Gasteiger partial charge in [0.2, 0.25) is 0 Å². The van der Waals surface area contributed by atoms with Gasteiger partial charge in [-0.25, -0.2) is 0 Å². The first kappa shape index (κ1) is 34.7. The molecule has 0 aromatic heterocycles. The minimum absolute atomic E-state index is 0.296. The molecule has 10 aromatic rings. The monoisotopic (exact) mass is 751 g/mol. The second-order valence-corrected chi connectivity index (χ2v) is 15.8. The number of fused-ring (bicyclic) bond motifs is 5. The quantitative estimate of drug-likeness (QED) is 0.157. The van der Waals surface area contributed by atoms with Gasteiger partial charge in [0.25, 0.3) is 0 Å². The van der Waals surface area contributed by atoms with E-state index in [9.17, 15) is 0 Å². The van der Waals surface area contributed by atoms with Gasteiger partial charge in [-0.1, -0.05) is 200 Å². The highest BCUT2D eigenvalue weighted by molar-refractivity contribution is 5.99.